The zero-order chi connectivity index (χ0) is 29.4. The Morgan fingerprint density at radius 3 is 2.52 bits per heavy atom. The average molecular weight is 576 g/mol. The second-order valence-corrected chi connectivity index (χ2v) is 11.0. The highest BCUT2D eigenvalue weighted by atomic mass is 19.3. The molecule has 0 saturated carbocycles. The topological polar surface area (TPSA) is 116 Å². The van der Waals surface area contributed by atoms with Gasteiger partial charge in [-0.1, -0.05) is 30.3 Å². The van der Waals surface area contributed by atoms with Crippen LogP contribution in [0.25, 0.3) is 5.65 Å². The molecular formula is C30H31F2N7O3. The Morgan fingerprint density at radius 1 is 1.05 bits per heavy atom. The lowest BCUT2D eigenvalue weighted by Crippen LogP contribution is -2.45. The first-order valence-electron chi connectivity index (χ1n) is 13.9. The normalized spacial score (nSPS) is 19.5. The highest BCUT2D eigenvalue weighted by Crippen LogP contribution is 2.41. The van der Waals surface area contributed by atoms with Crippen LogP contribution in [0.1, 0.15) is 51.5 Å². The maximum Gasteiger partial charge on any atom is 0.354 e. The lowest BCUT2D eigenvalue weighted by atomic mass is 9.80. The number of hydrogen-bond acceptors (Lipinski definition) is 7. The molecule has 0 aliphatic carbocycles. The highest BCUT2D eigenvalue weighted by Gasteiger charge is 2.47. The van der Waals surface area contributed by atoms with Gasteiger partial charge in [0.1, 0.15) is 5.69 Å². The molecule has 2 fully saturated rings. The number of carboxylic acids is 1. The molecule has 42 heavy (non-hydrogen) atoms. The molecule has 2 aliphatic rings. The minimum absolute atomic E-state index is 0.00595. The molecule has 3 aromatic heterocycles. The first kappa shape index (κ1) is 27.6. The number of nitrogens with one attached hydrogen (secondary N) is 1. The van der Waals surface area contributed by atoms with Crippen LogP contribution in [0, 0.1) is 6.92 Å². The van der Waals surface area contributed by atoms with Crippen LogP contribution in [-0.4, -0.2) is 75.2 Å². The summed E-state index contributed by atoms with van der Waals surface area (Å²) in [6.45, 7) is 3.81. The van der Waals surface area contributed by atoms with Crippen molar-refractivity contribution >= 4 is 28.9 Å². The number of carbonyl (C=O) groups is 2. The van der Waals surface area contributed by atoms with Gasteiger partial charge in [-0.2, -0.15) is 0 Å². The summed E-state index contributed by atoms with van der Waals surface area (Å²) in [5.41, 5.74) is 2.25. The average Bonchev–Trinajstić information content (AvgIpc) is 3.65. The number of alkyl halides is 2. The maximum atomic E-state index is 14.4. The van der Waals surface area contributed by atoms with Crippen LogP contribution in [0.15, 0.2) is 60.9 Å². The van der Waals surface area contributed by atoms with Crippen LogP contribution in [0.2, 0.25) is 0 Å². The molecule has 0 bridgehead atoms. The van der Waals surface area contributed by atoms with E-state index in [4.69, 9.17) is 0 Å². The lowest BCUT2D eigenvalue weighted by molar-refractivity contribution is 0.0606. The van der Waals surface area contributed by atoms with Gasteiger partial charge in [0.15, 0.2) is 5.65 Å². The summed E-state index contributed by atoms with van der Waals surface area (Å²) in [5.74, 6) is -1.40. The van der Waals surface area contributed by atoms with Gasteiger partial charge in [-0.3, -0.25) is 4.79 Å². The third-order valence-electron chi connectivity index (χ3n) is 8.40. The zero-order valence-corrected chi connectivity index (χ0v) is 23.1. The van der Waals surface area contributed by atoms with Crippen molar-refractivity contribution in [3.63, 3.8) is 0 Å². The monoisotopic (exact) mass is 575 g/mol. The molecule has 218 valence electrons. The van der Waals surface area contributed by atoms with Crippen molar-refractivity contribution in [3.05, 3.63) is 83.6 Å². The first-order chi connectivity index (χ1) is 20.2. The van der Waals surface area contributed by atoms with Gasteiger partial charge in [0, 0.05) is 44.1 Å². The minimum atomic E-state index is -2.50. The Morgan fingerprint density at radius 2 is 1.81 bits per heavy atom. The molecule has 12 heteroatoms. The second kappa shape index (κ2) is 11.0. The fraction of sp³-hybridized carbons (Fsp3) is 0.367. The smallest absolute Gasteiger partial charge is 0.354 e. The first-order valence-corrected chi connectivity index (χ1v) is 13.9. The summed E-state index contributed by atoms with van der Waals surface area (Å²) >= 11 is 0. The molecule has 2 saturated heterocycles. The molecule has 1 amide bonds. The fourth-order valence-corrected chi connectivity index (χ4v) is 6.03. The SMILES string of the molecule is Cc1cc(N2CC[C@](c3ccccc3)(C(F)F)C2)cn2nc(C(=O)NC3CCN(c4ccnc(C(=O)O)c4)CC3)nc12. The zero-order valence-electron chi connectivity index (χ0n) is 23.1. The number of aromatic carboxylic acids is 1. The number of piperidine rings is 1. The fourth-order valence-electron chi connectivity index (χ4n) is 6.03. The van der Waals surface area contributed by atoms with Crippen molar-refractivity contribution in [1.29, 1.82) is 0 Å². The van der Waals surface area contributed by atoms with Crippen molar-refractivity contribution in [1.82, 2.24) is 24.9 Å². The molecule has 1 aromatic carbocycles. The van der Waals surface area contributed by atoms with Crippen molar-refractivity contribution in [2.75, 3.05) is 36.0 Å². The van der Waals surface area contributed by atoms with Crippen LogP contribution >= 0.6 is 0 Å². The largest absolute Gasteiger partial charge is 0.477 e. The summed E-state index contributed by atoms with van der Waals surface area (Å²) in [4.78, 5) is 36.7. The van der Waals surface area contributed by atoms with Crippen molar-refractivity contribution in [2.24, 2.45) is 0 Å². The minimum Gasteiger partial charge on any atom is -0.477 e. The van der Waals surface area contributed by atoms with E-state index < -0.39 is 17.8 Å². The number of hydrogen-bond donors (Lipinski definition) is 2. The molecular weight excluding hydrogens is 544 g/mol. The van der Waals surface area contributed by atoms with Crippen molar-refractivity contribution in [2.45, 2.75) is 44.1 Å². The van der Waals surface area contributed by atoms with E-state index in [1.165, 1.54) is 6.20 Å². The number of aryl methyl sites for hydroxylation is 1. The number of fused-ring (bicyclic) bond motifs is 1. The standard InChI is InChI=1S/C30H31F2N7O3/c1-19-15-23(38-14-10-30(18-38,29(31)32)20-5-3-2-4-6-20)17-39-26(19)35-25(36-39)27(40)34-21-8-12-37(13-9-21)22-7-11-33-24(16-22)28(41)42/h2-7,11,15-17,21,29H,8-10,12-14,18H2,1H3,(H,34,40)(H,41,42)/t30-/m0/s1. The Kier molecular flexibility index (Phi) is 7.21. The van der Waals surface area contributed by atoms with Gasteiger partial charge < -0.3 is 20.2 Å². The van der Waals surface area contributed by atoms with Gasteiger partial charge in [0.2, 0.25) is 12.2 Å². The van der Waals surface area contributed by atoms with Gasteiger partial charge in [-0.05, 0) is 55.5 Å². The van der Waals surface area contributed by atoms with E-state index in [1.807, 2.05) is 24.0 Å². The number of aromatic nitrogens is 4. The number of rotatable bonds is 7. The molecule has 5 heterocycles. The third kappa shape index (κ3) is 5.12. The Bertz CT molecular complexity index is 1620. The maximum absolute atomic E-state index is 14.4. The number of amides is 1. The molecule has 0 radical (unpaired) electrons. The van der Waals surface area contributed by atoms with Crippen molar-refractivity contribution in [3.8, 4) is 0 Å². The number of pyridine rings is 2. The van der Waals surface area contributed by atoms with Gasteiger partial charge in [-0.15, -0.1) is 5.10 Å². The third-order valence-corrected chi connectivity index (χ3v) is 8.40. The Labute approximate surface area is 241 Å². The predicted octanol–water partition coefficient (Wildman–Crippen LogP) is 3.94. The predicted molar refractivity (Wildman–Crippen MR) is 153 cm³/mol. The van der Waals surface area contributed by atoms with Gasteiger partial charge in [0.25, 0.3) is 5.91 Å². The van der Waals surface area contributed by atoms with E-state index in [0.29, 0.717) is 50.1 Å². The van der Waals surface area contributed by atoms with Gasteiger partial charge in [-0.25, -0.2) is 28.1 Å². The highest BCUT2D eigenvalue weighted by molar-refractivity contribution is 5.91. The van der Waals surface area contributed by atoms with Crippen LogP contribution in [0.3, 0.4) is 0 Å². The van der Waals surface area contributed by atoms with Crippen molar-refractivity contribution < 1.29 is 23.5 Å². The molecule has 2 aliphatic heterocycles. The molecule has 1 atom stereocenters. The van der Waals surface area contributed by atoms with Crippen LogP contribution < -0.4 is 15.1 Å². The molecule has 0 unspecified atom stereocenters. The van der Waals surface area contributed by atoms with E-state index in [-0.39, 0.29) is 30.0 Å². The summed E-state index contributed by atoms with van der Waals surface area (Å²) in [5, 5.41) is 16.7. The molecule has 10 nitrogen and oxygen atoms in total. The van der Waals surface area contributed by atoms with Gasteiger partial charge in [0.05, 0.1) is 17.3 Å². The molecule has 2 N–H and O–H groups in total. The van der Waals surface area contributed by atoms with E-state index in [2.05, 4.69) is 25.3 Å². The van der Waals surface area contributed by atoms with Gasteiger partial charge >= 0.3 is 5.97 Å². The van der Waals surface area contributed by atoms with Crippen LogP contribution in [0.5, 0.6) is 0 Å². The quantitative estimate of drug-likeness (QED) is 0.341. The van der Waals surface area contributed by atoms with E-state index in [0.717, 1.165) is 16.9 Å². The number of carbonyl (C=O) groups excluding carboxylic acids is 1. The summed E-state index contributed by atoms with van der Waals surface area (Å²) < 4.78 is 30.4. The Hall–Kier alpha value is -4.61. The summed E-state index contributed by atoms with van der Waals surface area (Å²) in [6, 6.07) is 14.1. The number of halogens is 2. The number of carboxylic acid groups (broad SMARTS) is 1. The van der Waals surface area contributed by atoms with E-state index in [1.54, 1.807) is 47.1 Å². The summed E-state index contributed by atoms with van der Waals surface area (Å²) in [6.07, 6.45) is 2.41. The summed E-state index contributed by atoms with van der Waals surface area (Å²) in [7, 11) is 0. The van der Waals surface area contributed by atoms with E-state index in [9.17, 15) is 23.5 Å². The number of benzene rings is 1. The lowest BCUT2D eigenvalue weighted by Gasteiger charge is -2.33. The molecule has 4 aromatic rings. The van der Waals surface area contributed by atoms with Crippen LogP contribution in [-0.2, 0) is 5.41 Å². The number of anilines is 2. The molecule has 6 rings (SSSR count). The molecule has 0 spiro atoms. The van der Waals surface area contributed by atoms with E-state index >= 15 is 0 Å². The number of nitrogens with zero attached hydrogens (tertiary/aromatic N) is 6. The second-order valence-electron chi connectivity index (χ2n) is 11.0. The van der Waals surface area contributed by atoms with Crippen LogP contribution in [0.4, 0.5) is 20.2 Å². The Balaban J connectivity index is 1.13.